The Morgan fingerprint density at radius 1 is 0.522 bits per heavy atom. The van der Waals surface area contributed by atoms with Crippen molar-refractivity contribution < 1.29 is 24.5 Å². The number of ketones is 1. The van der Waals surface area contributed by atoms with Crippen molar-refractivity contribution >= 4 is 11.8 Å². The summed E-state index contributed by atoms with van der Waals surface area (Å²) in [6, 6.07) is 0. The quantitative estimate of drug-likeness (QED) is 0.0423. The molecule has 5 heteroatoms. The van der Waals surface area contributed by atoms with Gasteiger partial charge < -0.3 is 14.9 Å². The van der Waals surface area contributed by atoms with E-state index in [9.17, 15) is 19.8 Å². The van der Waals surface area contributed by atoms with Gasteiger partial charge in [0.25, 0.3) is 0 Å². The summed E-state index contributed by atoms with van der Waals surface area (Å²) in [4.78, 5) is 24.6. The Kier molecular flexibility index (Phi) is 33.9. The lowest BCUT2D eigenvalue weighted by molar-refractivity contribution is -0.161. The maximum Gasteiger partial charge on any atom is 0.306 e. The van der Waals surface area contributed by atoms with Crippen molar-refractivity contribution in [2.45, 2.75) is 180 Å². The smallest absolute Gasteiger partial charge is 0.306 e. The Morgan fingerprint density at radius 3 is 1.43 bits per heavy atom. The van der Waals surface area contributed by atoms with E-state index in [4.69, 9.17) is 4.74 Å². The van der Waals surface area contributed by atoms with Gasteiger partial charge in [-0.05, 0) is 77.0 Å². The summed E-state index contributed by atoms with van der Waals surface area (Å²) in [5.74, 6) is -0.867. The second-order valence-electron chi connectivity index (χ2n) is 12.4. The molecule has 264 valence electrons. The average molecular weight is 643 g/mol. The number of hydrogen-bond acceptors (Lipinski definition) is 5. The molecule has 0 fully saturated rings. The summed E-state index contributed by atoms with van der Waals surface area (Å²) < 4.78 is 5.23. The highest BCUT2D eigenvalue weighted by Gasteiger charge is 2.28. The fraction of sp³-hybridized carbons (Fsp3) is 0.707. The van der Waals surface area contributed by atoms with Gasteiger partial charge in [-0.25, -0.2) is 0 Å². The maximum absolute atomic E-state index is 12.4. The van der Waals surface area contributed by atoms with E-state index < -0.39 is 24.8 Å². The Labute approximate surface area is 283 Å². The molecule has 0 amide bonds. The van der Waals surface area contributed by atoms with Crippen molar-refractivity contribution in [3.8, 4) is 0 Å². The van der Waals surface area contributed by atoms with Gasteiger partial charge >= 0.3 is 5.97 Å². The number of allylic oxidation sites excluding steroid dienone is 10. The lowest BCUT2D eigenvalue weighted by Gasteiger charge is -2.20. The van der Waals surface area contributed by atoms with Crippen molar-refractivity contribution in [2.75, 3.05) is 6.61 Å². The van der Waals surface area contributed by atoms with Gasteiger partial charge in [0.05, 0.1) is 6.61 Å². The largest absolute Gasteiger partial charge is 0.457 e. The average Bonchev–Trinajstić information content (AvgIpc) is 3.06. The highest BCUT2D eigenvalue weighted by molar-refractivity contribution is 5.83. The zero-order chi connectivity index (χ0) is 33.8. The van der Waals surface area contributed by atoms with Crippen LogP contribution in [0.2, 0.25) is 0 Å². The molecule has 0 bridgehead atoms. The molecule has 0 aromatic heterocycles. The molecule has 0 aliphatic rings. The van der Waals surface area contributed by atoms with Gasteiger partial charge in [0.1, 0.15) is 0 Å². The molecule has 2 unspecified atom stereocenters. The highest BCUT2D eigenvalue weighted by Crippen LogP contribution is 2.13. The van der Waals surface area contributed by atoms with Crippen molar-refractivity contribution in [1.29, 1.82) is 0 Å². The predicted octanol–water partition coefficient (Wildman–Crippen LogP) is 11.0. The molecule has 0 aliphatic heterocycles. The molecule has 0 aliphatic carbocycles. The van der Waals surface area contributed by atoms with E-state index in [0.717, 1.165) is 57.8 Å². The maximum atomic E-state index is 12.4. The third-order valence-corrected chi connectivity index (χ3v) is 8.04. The standard InChI is InChI=1S/C41H70O5/c1-3-5-7-9-11-13-15-17-19-20-22-24-26-28-30-32-34-36-40(44)46-39(37-42)41(45)38(43)35-33-31-29-27-25-23-21-18-16-14-12-10-8-6-4-2/h11,13,17-19,21-22,24,28,30,39,41-42,45H,3-10,12,14-16,20,23,25-27,29,31-37H2,1-2H3/b13-11-,19-17-,21-18-,24-22-,30-28-. The Morgan fingerprint density at radius 2 is 0.913 bits per heavy atom. The normalized spacial score (nSPS) is 13.7. The second kappa shape index (κ2) is 35.6. The molecule has 46 heavy (non-hydrogen) atoms. The number of aliphatic hydroxyl groups is 2. The van der Waals surface area contributed by atoms with Crippen LogP contribution in [0.4, 0.5) is 0 Å². The molecule has 0 aromatic rings. The number of rotatable bonds is 33. The molecule has 0 aromatic carbocycles. The number of hydrogen-bond donors (Lipinski definition) is 2. The lowest BCUT2D eigenvalue weighted by Crippen LogP contribution is -2.40. The van der Waals surface area contributed by atoms with E-state index in [1.807, 2.05) is 6.08 Å². The summed E-state index contributed by atoms with van der Waals surface area (Å²) in [6.45, 7) is 3.91. The van der Waals surface area contributed by atoms with Crippen LogP contribution in [-0.4, -0.2) is 40.8 Å². The second-order valence-corrected chi connectivity index (χ2v) is 12.4. The molecule has 0 saturated heterocycles. The van der Waals surface area contributed by atoms with Crippen LogP contribution in [0.1, 0.15) is 168 Å². The van der Waals surface area contributed by atoms with E-state index in [1.165, 1.54) is 70.6 Å². The minimum atomic E-state index is -1.47. The fourth-order valence-electron chi connectivity index (χ4n) is 5.08. The predicted molar refractivity (Wildman–Crippen MR) is 196 cm³/mol. The summed E-state index contributed by atoms with van der Waals surface area (Å²) in [6.07, 6.45) is 44.2. The summed E-state index contributed by atoms with van der Waals surface area (Å²) >= 11 is 0. The van der Waals surface area contributed by atoms with E-state index in [2.05, 4.69) is 68.5 Å². The van der Waals surface area contributed by atoms with Crippen molar-refractivity contribution in [1.82, 2.24) is 0 Å². The fourth-order valence-corrected chi connectivity index (χ4v) is 5.08. The molecule has 5 nitrogen and oxygen atoms in total. The van der Waals surface area contributed by atoms with Crippen LogP contribution in [0.25, 0.3) is 0 Å². The number of unbranched alkanes of at least 4 members (excludes halogenated alkanes) is 15. The van der Waals surface area contributed by atoms with Crippen LogP contribution in [0, 0.1) is 0 Å². The molecular formula is C41H70O5. The topological polar surface area (TPSA) is 83.8 Å². The summed E-state index contributed by atoms with van der Waals surface area (Å²) in [5, 5.41) is 19.9. The first-order valence-electron chi connectivity index (χ1n) is 18.8. The Hall–Kier alpha value is -2.24. The number of esters is 1. The van der Waals surface area contributed by atoms with Crippen LogP contribution in [0.15, 0.2) is 60.8 Å². The molecule has 0 radical (unpaired) electrons. The molecule has 2 N–H and O–H groups in total. The monoisotopic (exact) mass is 643 g/mol. The third-order valence-electron chi connectivity index (χ3n) is 8.04. The number of Topliss-reactive ketones (excluding diaryl/α,β-unsaturated/α-hetero) is 1. The van der Waals surface area contributed by atoms with Crippen molar-refractivity contribution in [3.05, 3.63) is 60.8 Å². The lowest BCUT2D eigenvalue weighted by atomic mass is 10.0. The molecule has 0 saturated carbocycles. The number of carbonyl (C=O) groups excluding carboxylic acids is 2. The SMILES string of the molecule is CCCCC/C=C\C/C=C\C/C=C\C/C=C\CCCC(=O)OC(CO)C(O)C(=O)CCCCCCC/C=C\CCCCCCCC. The minimum absolute atomic E-state index is 0.184. The first kappa shape index (κ1) is 43.8. The van der Waals surface area contributed by atoms with E-state index >= 15 is 0 Å². The van der Waals surface area contributed by atoms with Gasteiger partial charge in [-0.3, -0.25) is 9.59 Å². The minimum Gasteiger partial charge on any atom is -0.457 e. The molecule has 0 heterocycles. The first-order valence-corrected chi connectivity index (χ1v) is 18.8. The first-order chi connectivity index (χ1) is 22.6. The molecule has 2 atom stereocenters. The van der Waals surface area contributed by atoms with Gasteiger partial charge in [-0.15, -0.1) is 0 Å². The number of ether oxygens (including phenoxy) is 1. The van der Waals surface area contributed by atoms with E-state index in [0.29, 0.717) is 12.8 Å². The van der Waals surface area contributed by atoms with Crippen LogP contribution in [0.5, 0.6) is 0 Å². The van der Waals surface area contributed by atoms with E-state index in [-0.39, 0.29) is 18.6 Å². The van der Waals surface area contributed by atoms with Gasteiger partial charge in [0.2, 0.25) is 0 Å². The van der Waals surface area contributed by atoms with Crippen LogP contribution >= 0.6 is 0 Å². The zero-order valence-corrected chi connectivity index (χ0v) is 29.7. The Bertz CT molecular complexity index is 838. The Balaban J connectivity index is 3.85. The highest BCUT2D eigenvalue weighted by atomic mass is 16.6. The van der Waals surface area contributed by atoms with Gasteiger partial charge in [-0.1, -0.05) is 139 Å². The molecular weight excluding hydrogens is 572 g/mol. The number of aliphatic hydroxyl groups excluding tert-OH is 2. The summed E-state index contributed by atoms with van der Waals surface area (Å²) in [5.41, 5.74) is 0. The molecule has 0 spiro atoms. The third kappa shape index (κ3) is 30.4. The zero-order valence-electron chi connectivity index (χ0n) is 29.7. The van der Waals surface area contributed by atoms with E-state index in [1.54, 1.807) is 0 Å². The van der Waals surface area contributed by atoms with Gasteiger partial charge in [0, 0.05) is 12.8 Å². The van der Waals surface area contributed by atoms with Gasteiger partial charge in [-0.2, -0.15) is 0 Å². The summed E-state index contributed by atoms with van der Waals surface area (Å²) in [7, 11) is 0. The van der Waals surface area contributed by atoms with Crippen LogP contribution in [0.3, 0.4) is 0 Å². The number of carbonyl (C=O) groups is 2. The van der Waals surface area contributed by atoms with Crippen LogP contribution < -0.4 is 0 Å². The van der Waals surface area contributed by atoms with Gasteiger partial charge in [0.15, 0.2) is 18.0 Å². The van der Waals surface area contributed by atoms with Crippen LogP contribution in [-0.2, 0) is 14.3 Å². The van der Waals surface area contributed by atoms with Crippen molar-refractivity contribution in [2.24, 2.45) is 0 Å². The molecule has 0 rings (SSSR count). The van der Waals surface area contributed by atoms with Crippen molar-refractivity contribution in [3.63, 3.8) is 0 Å².